The van der Waals surface area contributed by atoms with E-state index in [4.69, 9.17) is 0 Å². The zero-order chi connectivity index (χ0) is 13.4. The number of phenolic OH excluding ortho intramolecular Hbond substituents is 3. The van der Waals surface area contributed by atoms with Crippen LogP contribution in [0.3, 0.4) is 0 Å². The zero-order valence-corrected chi connectivity index (χ0v) is 10.7. The quantitative estimate of drug-likeness (QED) is 0.674. The van der Waals surface area contributed by atoms with Gasteiger partial charge in [-0.1, -0.05) is 0 Å². The average Bonchev–Trinajstić information content (AvgIpc) is 2.31. The summed E-state index contributed by atoms with van der Waals surface area (Å²) in [6.07, 6.45) is 0. The number of rotatable bonds is 1. The van der Waals surface area contributed by atoms with Gasteiger partial charge in [-0.05, 0) is 67.3 Å². The number of hydrogen-bond acceptors (Lipinski definition) is 3. The molecule has 3 nitrogen and oxygen atoms in total. The van der Waals surface area contributed by atoms with Crippen LogP contribution in [0, 0.1) is 20.8 Å². The van der Waals surface area contributed by atoms with Gasteiger partial charge in [0.1, 0.15) is 17.2 Å². The molecule has 0 aliphatic rings. The molecule has 3 N–H and O–H groups in total. The first kappa shape index (κ1) is 12.3. The van der Waals surface area contributed by atoms with Crippen LogP contribution in [-0.4, -0.2) is 15.3 Å². The molecule has 0 saturated carbocycles. The van der Waals surface area contributed by atoms with Crippen molar-refractivity contribution in [1.82, 2.24) is 0 Å². The molecule has 94 valence electrons. The summed E-state index contributed by atoms with van der Waals surface area (Å²) in [5.41, 5.74) is 3.95. The topological polar surface area (TPSA) is 60.7 Å². The lowest BCUT2D eigenvalue weighted by molar-refractivity contribution is 0.461. The Bertz CT molecular complexity index is 616. The van der Waals surface area contributed by atoms with Crippen LogP contribution in [0.1, 0.15) is 16.7 Å². The van der Waals surface area contributed by atoms with Crippen molar-refractivity contribution in [3.63, 3.8) is 0 Å². The summed E-state index contributed by atoms with van der Waals surface area (Å²) in [6, 6.07) is 6.10. The predicted molar refractivity (Wildman–Crippen MR) is 71.1 cm³/mol. The van der Waals surface area contributed by atoms with Crippen LogP contribution in [0.5, 0.6) is 17.2 Å². The molecular formula is C15H16O3. The van der Waals surface area contributed by atoms with Gasteiger partial charge in [0.15, 0.2) is 0 Å². The molecule has 3 heteroatoms. The molecule has 0 fully saturated rings. The number of aryl methyl sites for hydroxylation is 1. The van der Waals surface area contributed by atoms with Crippen molar-refractivity contribution < 1.29 is 15.3 Å². The van der Waals surface area contributed by atoms with E-state index in [1.165, 1.54) is 18.2 Å². The van der Waals surface area contributed by atoms with Gasteiger partial charge < -0.3 is 15.3 Å². The van der Waals surface area contributed by atoms with Crippen molar-refractivity contribution in [1.29, 1.82) is 0 Å². The maximum Gasteiger partial charge on any atom is 0.123 e. The Morgan fingerprint density at radius 2 is 1.44 bits per heavy atom. The minimum atomic E-state index is 0.104. The second-order valence-electron chi connectivity index (χ2n) is 4.54. The normalized spacial score (nSPS) is 10.6. The van der Waals surface area contributed by atoms with Crippen molar-refractivity contribution in [2.24, 2.45) is 0 Å². The van der Waals surface area contributed by atoms with E-state index in [2.05, 4.69) is 0 Å². The summed E-state index contributed by atoms with van der Waals surface area (Å²) >= 11 is 0. The van der Waals surface area contributed by atoms with Gasteiger partial charge in [-0.15, -0.1) is 0 Å². The van der Waals surface area contributed by atoms with Crippen molar-refractivity contribution in [2.45, 2.75) is 20.8 Å². The van der Waals surface area contributed by atoms with E-state index < -0.39 is 0 Å². The van der Waals surface area contributed by atoms with E-state index in [0.717, 1.165) is 22.3 Å². The zero-order valence-electron chi connectivity index (χ0n) is 10.7. The van der Waals surface area contributed by atoms with E-state index in [-0.39, 0.29) is 17.2 Å². The molecule has 0 amide bonds. The van der Waals surface area contributed by atoms with E-state index in [1.807, 2.05) is 20.8 Å². The van der Waals surface area contributed by atoms with Crippen LogP contribution in [0.4, 0.5) is 0 Å². The monoisotopic (exact) mass is 244 g/mol. The minimum Gasteiger partial charge on any atom is -0.508 e. The maximum atomic E-state index is 9.92. The fourth-order valence-corrected chi connectivity index (χ4v) is 2.20. The Morgan fingerprint density at radius 3 is 2.11 bits per heavy atom. The summed E-state index contributed by atoms with van der Waals surface area (Å²) in [5, 5.41) is 29.2. The summed E-state index contributed by atoms with van der Waals surface area (Å²) in [5.74, 6) is 0.463. The summed E-state index contributed by atoms with van der Waals surface area (Å²) in [6.45, 7) is 5.58. The molecule has 2 aromatic rings. The fourth-order valence-electron chi connectivity index (χ4n) is 2.20. The highest BCUT2D eigenvalue weighted by atomic mass is 16.3. The molecule has 0 spiro atoms. The molecule has 2 rings (SSSR count). The van der Waals surface area contributed by atoms with Crippen molar-refractivity contribution >= 4 is 0 Å². The second-order valence-corrected chi connectivity index (χ2v) is 4.54. The summed E-state index contributed by atoms with van der Waals surface area (Å²) < 4.78 is 0. The summed E-state index contributed by atoms with van der Waals surface area (Å²) in [4.78, 5) is 0. The minimum absolute atomic E-state index is 0.104. The lowest BCUT2D eigenvalue weighted by Crippen LogP contribution is -1.93. The van der Waals surface area contributed by atoms with E-state index in [0.29, 0.717) is 5.56 Å². The van der Waals surface area contributed by atoms with Crippen molar-refractivity contribution in [3.05, 3.63) is 41.0 Å². The van der Waals surface area contributed by atoms with Gasteiger partial charge >= 0.3 is 0 Å². The van der Waals surface area contributed by atoms with Crippen LogP contribution < -0.4 is 0 Å². The van der Waals surface area contributed by atoms with Crippen molar-refractivity contribution in [3.8, 4) is 28.4 Å². The van der Waals surface area contributed by atoms with Gasteiger partial charge in [-0.2, -0.15) is 0 Å². The molecule has 0 radical (unpaired) electrons. The standard InChI is InChI=1S/C15H16O3/c1-8-6-14(18)9(2)10(3)15(8)12-7-11(16)4-5-13(12)17/h4-7,16-18H,1-3H3. The molecule has 0 aliphatic heterocycles. The average molecular weight is 244 g/mol. The van der Waals surface area contributed by atoms with Gasteiger partial charge in [0, 0.05) is 5.56 Å². The lowest BCUT2D eigenvalue weighted by atomic mass is 9.91. The number of benzene rings is 2. The van der Waals surface area contributed by atoms with Crippen LogP contribution in [-0.2, 0) is 0 Å². The Morgan fingerprint density at radius 1 is 0.778 bits per heavy atom. The highest BCUT2D eigenvalue weighted by Gasteiger charge is 2.14. The number of aromatic hydroxyl groups is 3. The Hall–Kier alpha value is -2.16. The molecular weight excluding hydrogens is 228 g/mol. The van der Waals surface area contributed by atoms with Gasteiger partial charge in [-0.3, -0.25) is 0 Å². The maximum absolute atomic E-state index is 9.92. The van der Waals surface area contributed by atoms with Crippen molar-refractivity contribution in [2.75, 3.05) is 0 Å². The molecule has 0 bridgehead atoms. The molecule has 18 heavy (non-hydrogen) atoms. The van der Waals surface area contributed by atoms with E-state index in [1.54, 1.807) is 6.07 Å². The predicted octanol–water partition coefficient (Wildman–Crippen LogP) is 3.40. The first-order chi connectivity index (χ1) is 8.41. The third-order valence-corrected chi connectivity index (χ3v) is 3.32. The first-order valence-corrected chi connectivity index (χ1v) is 5.74. The molecule has 0 unspecified atom stereocenters. The fraction of sp³-hybridized carbons (Fsp3) is 0.200. The lowest BCUT2D eigenvalue weighted by Gasteiger charge is -2.15. The van der Waals surface area contributed by atoms with E-state index >= 15 is 0 Å². The molecule has 0 saturated heterocycles. The Balaban J connectivity index is 2.79. The van der Waals surface area contributed by atoms with Gasteiger partial charge in [0.2, 0.25) is 0 Å². The Kier molecular flexibility index (Phi) is 2.91. The third kappa shape index (κ3) is 1.88. The molecule has 0 aliphatic carbocycles. The second kappa shape index (κ2) is 4.26. The largest absolute Gasteiger partial charge is 0.508 e. The Labute approximate surface area is 106 Å². The number of hydrogen-bond donors (Lipinski definition) is 3. The van der Waals surface area contributed by atoms with Crippen LogP contribution in [0.2, 0.25) is 0 Å². The SMILES string of the molecule is Cc1cc(O)c(C)c(C)c1-c1cc(O)ccc1O. The van der Waals surface area contributed by atoms with Gasteiger partial charge in [0.25, 0.3) is 0 Å². The number of phenols is 3. The van der Waals surface area contributed by atoms with Crippen LogP contribution in [0.15, 0.2) is 24.3 Å². The van der Waals surface area contributed by atoms with Gasteiger partial charge in [-0.25, -0.2) is 0 Å². The highest BCUT2D eigenvalue weighted by Crippen LogP contribution is 2.39. The molecule has 0 heterocycles. The smallest absolute Gasteiger partial charge is 0.123 e. The molecule has 2 aromatic carbocycles. The highest BCUT2D eigenvalue weighted by molar-refractivity contribution is 5.78. The van der Waals surface area contributed by atoms with Crippen LogP contribution >= 0.6 is 0 Å². The van der Waals surface area contributed by atoms with Gasteiger partial charge in [0.05, 0.1) is 0 Å². The molecule has 0 atom stereocenters. The van der Waals surface area contributed by atoms with E-state index in [9.17, 15) is 15.3 Å². The third-order valence-electron chi connectivity index (χ3n) is 3.32. The van der Waals surface area contributed by atoms with Crippen LogP contribution in [0.25, 0.3) is 11.1 Å². The first-order valence-electron chi connectivity index (χ1n) is 5.74. The molecule has 0 aromatic heterocycles. The summed E-state index contributed by atoms with van der Waals surface area (Å²) in [7, 11) is 0.